The summed E-state index contributed by atoms with van der Waals surface area (Å²) >= 11 is 0. The third-order valence-corrected chi connectivity index (χ3v) is 3.78. The number of hydrogen-bond donors (Lipinski definition) is 1. The second kappa shape index (κ2) is 6.02. The predicted octanol–water partition coefficient (Wildman–Crippen LogP) is 3.48. The second-order valence-electron chi connectivity index (χ2n) is 5.23. The largest absolute Gasteiger partial charge is 0.497 e. The molecule has 0 aliphatic heterocycles. The average Bonchev–Trinajstić information content (AvgIpc) is 2.85. The van der Waals surface area contributed by atoms with Crippen LogP contribution in [0.25, 0.3) is 10.9 Å². The van der Waals surface area contributed by atoms with Gasteiger partial charge in [0.25, 0.3) is 0 Å². The zero-order chi connectivity index (χ0) is 14.7. The first-order valence-electron chi connectivity index (χ1n) is 7.14. The van der Waals surface area contributed by atoms with Crippen molar-refractivity contribution in [3.05, 3.63) is 65.9 Å². The number of nitrogens with one attached hydrogen (secondary N) is 1. The summed E-state index contributed by atoms with van der Waals surface area (Å²) in [7, 11) is 3.78. The predicted molar refractivity (Wildman–Crippen MR) is 86.5 cm³/mol. The van der Waals surface area contributed by atoms with Crippen LogP contribution in [0.5, 0.6) is 5.75 Å². The first-order chi connectivity index (χ1) is 10.3. The summed E-state index contributed by atoms with van der Waals surface area (Å²) in [6.07, 6.45) is 2.20. The standard InChI is InChI=1S/C18H20N2O/c1-20-13-15(17-5-3-4-6-18(17)20)12-19-11-14-7-9-16(21-2)10-8-14/h3-10,13,19H,11-12H2,1-2H3. The molecule has 3 aromatic rings. The number of benzene rings is 2. The molecule has 3 heteroatoms. The number of aryl methyl sites for hydroxylation is 1. The molecule has 2 aromatic carbocycles. The van der Waals surface area contributed by atoms with Crippen molar-refractivity contribution in [3.63, 3.8) is 0 Å². The fourth-order valence-corrected chi connectivity index (χ4v) is 2.65. The van der Waals surface area contributed by atoms with Crippen LogP contribution < -0.4 is 10.1 Å². The highest BCUT2D eigenvalue weighted by molar-refractivity contribution is 5.83. The van der Waals surface area contributed by atoms with E-state index in [2.05, 4.69) is 59.5 Å². The van der Waals surface area contributed by atoms with Gasteiger partial charge in [-0.1, -0.05) is 30.3 Å². The molecule has 0 aliphatic rings. The van der Waals surface area contributed by atoms with Crippen molar-refractivity contribution in [1.29, 1.82) is 0 Å². The van der Waals surface area contributed by atoms with Gasteiger partial charge in [0.05, 0.1) is 7.11 Å². The lowest BCUT2D eigenvalue weighted by Gasteiger charge is -2.05. The zero-order valence-electron chi connectivity index (χ0n) is 12.5. The number of ether oxygens (including phenoxy) is 1. The van der Waals surface area contributed by atoms with Crippen molar-refractivity contribution >= 4 is 10.9 Å². The Balaban J connectivity index is 1.66. The zero-order valence-corrected chi connectivity index (χ0v) is 12.5. The van der Waals surface area contributed by atoms with Crippen LogP contribution in [0.2, 0.25) is 0 Å². The molecule has 3 nitrogen and oxygen atoms in total. The van der Waals surface area contributed by atoms with E-state index in [1.54, 1.807) is 7.11 Å². The molecular weight excluding hydrogens is 260 g/mol. The molecule has 0 fully saturated rings. The van der Waals surface area contributed by atoms with Gasteiger partial charge in [0.1, 0.15) is 5.75 Å². The van der Waals surface area contributed by atoms with Gasteiger partial charge < -0.3 is 14.6 Å². The first-order valence-corrected chi connectivity index (χ1v) is 7.14. The van der Waals surface area contributed by atoms with Crippen molar-refractivity contribution in [2.24, 2.45) is 7.05 Å². The van der Waals surface area contributed by atoms with E-state index >= 15 is 0 Å². The van der Waals surface area contributed by atoms with E-state index < -0.39 is 0 Å². The molecule has 1 N–H and O–H groups in total. The van der Waals surface area contributed by atoms with E-state index in [-0.39, 0.29) is 0 Å². The Morgan fingerprint density at radius 2 is 1.76 bits per heavy atom. The van der Waals surface area contributed by atoms with E-state index in [9.17, 15) is 0 Å². The van der Waals surface area contributed by atoms with E-state index in [1.165, 1.54) is 22.0 Å². The lowest BCUT2D eigenvalue weighted by molar-refractivity contribution is 0.414. The van der Waals surface area contributed by atoms with Gasteiger partial charge in [-0.05, 0) is 29.3 Å². The third-order valence-electron chi connectivity index (χ3n) is 3.78. The Hall–Kier alpha value is -2.26. The molecule has 0 radical (unpaired) electrons. The average molecular weight is 280 g/mol. The van der Waals surface area contributed by atoms with Gasteiger partial charge >= 0.3 is 0 Å². The fourth-order valence-electron chi connectivity index (χ4n) is 2.65. The van der Waals surface area contributed by atoms with Crippen LogP contribution in [0, 0.1) is 0 Å². The molecule has 0 atom stereocenters. The summed E-state index contributed by atoms with van der Waals surface area (Å²) in [5, 5.41) is 4.83. The number of hydrogen-bond acceptors (Lipinski definition) is 2. The quantitative estimate of drug-likeness (QED) is 0.774. The molecule has 0 saturated heterocycles. The number of fused-ring (bicyclic) bond motifs is 1. The molecule has 108 valence electrons. The SMILES string of the molecule is COc1ccc(CNCc2cn(C)c3ccccc23)cc1. The highest BCUT2D eigenvalue weighted by Crippen LogP contribution is 2.20. The fraction of sp³-hybridized carbons (Fsp3) is 0.222. The second-order valence-corrected chi connectivity index (χ2v) is 5.23. The maximum atomic E-state index is 5.17. The first kappa shape index (κ1) is 13.7. The van der Waals surface area contributed by atoms with E-state index in [4.69, 9.17) is 4.74 Å². The van der Waals surface area contributed by atoms with Crippen molar-refractivity contribution < 1.29 is 4.74 Å². The Kier molecular flexibility index (Phi) is 3.93. The van der Waals surface area contributed by atoms with Crippen LogP contribution in [-0.2, 0) is 20.1 Å². The summed E-state index contributed by atoms with van der Waals surface area (Å²) < 4.78 is 7.35. The van der Waals surface area contributed by atoms with Crippen molar-refractivity contribution in [2.75, 3.05) is 7.11 Å². The highest BCUT2D eigenvalue weighted by Gasteiger charge is 2.05. The summed E-state index contributed by atoms with van der Waals surface area (Å²) in [4.78, 5) is 0. The number of para-hydroxylation sites is 1. The molecule has 21 heavy (non-hydrogen) atoms. The van der Waals surface area contributed by atoms with Crippen LogP contribution >= 0.6 is 0 Å². The minimum atomic E-state index is 0.854. The maximum Gasteiger partial charge on any atom is 0.118 e. The van der Waals surface area contributed by atoms with Gasteiger partial charge in [-0.3, -0.25) is 0 Å². The van der Waals surface area contributed by atoms with Crippen molar-refractivity contribution in [1.82, 2.24) is 9.88 Å². The van der Waals surface area contributed by atoms with Crippen LogP contribution in [0.4, 0.5) is 0 Å². The van der Waals surface area contributed by atoms with Crippen LogP contribution in [0.15, 0.2) is 54.7 Å². The minimum Gasteiger partial charge on any atom is -0.497 e. The van der Waals surface area contributed by atoms with Gasteiger partial charge in [-0.15, -0.1) is 0 Å². The molecule has 0 amide bonds. The molecule has 0 aliphatic carbocycles. The Bertz CT molecular complexity index is 729. The topological polar surface area (TPSA) is 26.2 Å². The molecule has 0 saturated carbocycles. The lowest BCUT2D eigenvalue weighted by atomic mass is 10.1. The van der Waals surface area contributed by atoms with Gasteiger partial charge in [0.15, 0.2) is 0 Å². The number of methoxy groups -OCH3 is 1. The highest BCUT2D eigenvalue weighted by atomic mass is 16.5. The monoisotopic (exact) mass is 280 g/mol. The van der Waals surface area contributed by atoms with Crippen LogP contribution in [-0.4, -0.2) is 11.7 Å². The molecule has 3 rings (SSSR count). The number of aromatic nitrogens is 1. The van der Waals surface area contributed by atoms with Crippen LogP contribution in [0.3, 0.4) is 0 Å². The minimum absolute atomic E-state index is 0.854. The van der Waals surface area contributed by atoms with E-state index in [1.807, 2.05) is 12.1 Å². The van der Waals surface area contributed by atoms with Gasteiger partial charge in [-0.25, -0.2) is 0 Å². The molecule has 0 spiro atoms. The van der Waals surface area contributed by atoms with Crippen LogP contribution in [0.1, 0.15) is 11.1 Å². The Morgan fingerprint density at radius 1 is 1.00 bits per heavy atom. The van der Waals surface area contributed by atoms with Crippen molar-refractivity contribution in [2.45, 2.75) is 13.1 Å². The number of rotatable bonds is 5. The lowest BCUT2D eigenvalue weighted by Crippen LogP contribution is -2.12. The summed E-state index contributed by atoms with van der Waals surface area (Å²) in [5.41, 5.74) is 3.87. The Labute approximate surface area is 125 Å². The molecule has 1 heterocycles. The summed E-state index contributed by atoms with van der Waals surface area (Å²) in [6, 6.07) is 16.7. The number of nitrogens with zero attached hydrogens (tertiary/aromatic N) is 1. The smallest absolute Gasteiger partial charge is 0.118 e. The maximum absolute atomic E-state index is 5.17. The van der Waals surface area contributed by atoms with Crippen molar-refractivity contribution in [3.8, 4) is 5.75 Å². The molecule has 0 bridgehead atoms. The molecule has 1 aromatic heterocycles. The molecular formula is C18H20N2O. The van der Waals surface area contributed by atoms with Gasteiger partial charge in [-0.2, -0.15) is 0 Å². The third kappa shape index (κ3) is 2.93. The summed E-state index contributed by atoms with van der Waals surface area (Å²) in [5.74, 6) is 0.896. The van der Waals surface area contributed by atoms with Gasteiger partial charge in [0, 0.05) is 37.2 Å². The molecule has 0 unspecified atom stereocenters. The van der Waals surface area contributed by atoms with E-state index in [0.29, 0.717) is 0 Å². The van der Waals surface area contributed by atoms with E-state index in [0.717, 1.165) is 18.8 Å². The normalized spacial score (nSPS) is 11.0. The summed E-state index contributed by atoms with van der Waals surface area (Å²) in [6.45, 7) is 1.72. The van der Waals surface area contributed by atoms with Gasteiger partial charge in [0.2, 0.25) is 0 Å². The Morgan fingerprint density at radius 3 is 2.52 bits per heavy atom.